The van der Waals surface area contributed by atoms with Crippen molar-refractivity contribution in [2.24, 2.45) is 0 Å². The lowest BCUT2D eigenvalue weighted by atomic mass is 9.77. The van der Waals surface area contributed by atoms with E-state index in [1.165, 1.54) is 0 Å². The number of aliphatic hydroxyl groups is 9. The zero-order valence-electron chi connectivity index (χ0n) is 12.0. The first-order valence-corrected chi connectivity index (χ1v) is 6.80. The molecule has 8 atom stereocenters. The van der Waals surface area contributed by atoms with Gasteiger partial charge in [0.25, 0.3) is 0 Å². The predicted molar refractivity (Wildman–Crippen MR) is 69.9 cm³/mol. The molecule has 0 bridgehead atoms. The molecule has 11 nitrogen and oxygen atoms in total. The van der Waals surface area contributed by atoms with E-state index in [0.717, 1.165) is 0 Å². The lowest BCUT2D eigenvalue weighted by molar-refractivity contribution is -0.284. The van der Waals surface area contributed by atoms with Crippen LogP contribution in [0.2, 0.25) is 0 Å². The number of carbonyl (C=O) groups is 1. The summed E-state index contributed by atoms with van der Waals surface area (Å²) >= 11 is 0. The Labute approximate surface area is 130 Å². The summed E-state index contributed by atoms with van der Waals surface area (Å²) in [4.78, 5) is 11.9. The SMILES string of the molecule is O=C(CO)[C@](O)(C1O[C@H](CO)[C@@H](O)[C@H](O)[C@H]1O)[C@H](O)[C@H](O)CO. The fourth-order valence-corrected chi connectivity index (χ4v) is 2.48. The first-order chi connectivity index (χ1) is 10.7. The van der Waals surface area contributed by atoms with E-state index in [2.05, 4.69) is 0 Å². The Bertz CT molecular complexity index is 402. The van der Waals surface area contributed by atoms with Gasteiger partial charge in [0.05, 0.1) is 13.2 Å². The fraction of sp³-hybridized carbons (Fsp3) is 0.917. The van der Waals surface area contributed by atoms with Crippen LogP contribution in [-0.2, 0) is 9.53 Å². The van der Waals surface area contributed by atoms with E-state index in [4.69, 9.17) is 20.1 Å². The van der Waals surface area contributed by atoms with Crippen LogP contribution < -0.4 is 0 Å². The zero-order valence-corrected chi connectivity index (χ0v) is 12.0. The van der Waals surface area contributed by atoms with E-state index in [-0.39, 0.29) is 0 Å². The average molecular weight is 342 g/mol. The van der Waals surface area contributed by atoms with E-state index in [1.54, 1.807) is 0 Å². The summed E-state index contributed by atoms with van der Waals surface area (Å²) in [5.74, 6) is -1.47. The third-order valence-electron chi connectivity index (χ3n) is 3.92. The van der Waals surface area contributed by atoms with Crippen LogP contribution in [0.15, 0.2) is 0 Å². The van der Waals surface area contributed by atoms with Crippen LogP contribution in [0.3, 0.4) is 0 Å². The van der Waals surface area contributed by atoms with Gasteiger partial charge < -0.3 is 50.7 Å². The maximum atomic E-state index is 11.9. The van der Waals surface area contributed by atoms with Gasteiger partial charge >= 0.3 is 0 Å². The minimum absolute atomic E-state index is 0.858. The molecule has 11 heteroatoms. The van der Waals surface area contributed by atoms with Gasteiger partial charge in [-0.25, -0.2) is 0 Å². The molecule has 0 spiro atoms. The number of Topliss-reactive ketones (excluding diaryl/α,β-unsaturated/α-hetero) is 1. The van der Waals surface area contributed by atoms with Gasteiger partial charge in [0.1, 0.15) is 49.3 Å². The van der Waals surface area contributed by atoms with Crippen molar-refractivity contribution >= 4 is 5.78 Å². The molecule has 0 amide bonds. The van der Waals surface area contributed by atoms with Gasteiger partial charge in [-0.05, 0) is 0 Å². The molecule has 1 fully saturated rings. The lowest BCUT2D eigenvalue weighted by Crippen LogP contribution is -2.72. The Morgan fingerprint density at radius 3 is 2.04 bits per heavy atom. The zero-order chi connectivity index (χ0) is 17.9. The molecule has 23 heavy (non-hydrogen) atoms. The number of ether oxygens (including phenoxy) is 1. The van der Waals surface area contributed by atoms with Crippen molar-refractivity contribution in [2.75, 3.05) is 19.8 Å². The van der Waals surface area contributed by atoms with Crippen molar-refractivity contribution < 1.29 is 55.5 Å². The first-order valence-electron chi connectivity index (χ1n) is 6.80. The molecule has 0 radical (unpaired) electrons. The van der Waals surface area contributed by atoms with Crippen molar-refractivity contribution in [3.8, 4) is 0 Å². The van der Waals surface area contributed by atoms with Crippen LogP contribution in [0, 0.1) is 0 Å². The van der Waals surface area contributed by atoms with Crippen LogP contribution in [0.4, 0.5) is 0 Å². The fourth-order valence-electron chi connectivity index (χ4n) is 2.48. The quantitative estimate of drug-likeness (QED) is 0.212. The molecule has 0 aromatic rings. The number of carbonyl (C=O) groups excluding carboxylic acids is 1. The normalized spacial score (nSPS) is 37.0. The summed E-state index contributed by atoms with van der Waals surface area (Å²) in [5, 5.41) is 86.1. The van der Waals surface area contributed by atoms with Gasteiger partial charge in [0.15, 0.2) is 11.4 Å². The smallest absolute Gasteiger partial charge is 0.195 e. The first kappa shape index (κ1) is 20.3. The summed E-state index contributed by atoms with van der Waals surface area (Å²) in [6, 6.07) is 0. The molecule has 0 saturated carbocycles. The Morgan fingerprint density at radius 2 is 1.61 bits per heavy atom. The third kappa shape index (κ3) is 3.53. The molecule has 0 aromatic heterocycles. The van der Waals surface area contributed by atoms with Crippen LogP contribution in [-0.4, -0.2) is 120 Å². The number of ketones is 1. The maximum Gasteiger partial charge on any atom is 0.195 e. The second-order valence-electron chi connectivity index (χ2n) is 5.35. The number of hydrogen-bond acceptors (Lipinski definition) is 11. The molecule has 1 rings (SSSR count). The van der Waals surface area contributed by atoms with E-state index < -0.39 is 73.9 Å². The highest BCUT2D eigenvalue weighted by Crippen LogP contribution is 2.32. The Kier molecular flexibility index (Phi) is 6.97. The van der Waals surface area contributed by atoms with E-state index in [1.807, 2.05) is 0 Å². The van der Waals surface area contributed by atoms with Crippen LogP contribution in [0.5, 0.6) is 0 Å². The monoisotopic (exact) mass is 342 g/mol. The second kappa shape index (κ2) is 7.90. The van der Waals surface area contributed by atoms with Crippen LogP contribution >= 0.6 is 0 Å². The van der Waals surface area contributed by atoms with Crippen molar-refractivity contribution in [1.29, 1.82) is 0 Å². The van der Waals surface area contributed by atoms with Crippen molar-refractivity contribution in [3.63, 3.8) is 0 Å². The molecule has 1 aliphatic rings. The summed E-state index contributed by atoms with van der Waals surface area (Å²) in [7, 11) is 0. The topological polar surface area (TPSA) is 208 Å². The molecule has 0 aromatic carbocycles. The predicted octanol–water partition coefficient (Wildman–Crippen LogP) is -6.16. The minimum Gasteiger partial charge on any atom is -0.394 e. The largest absolute Gasteiger partial charge is 0.394 e. The number of hydrogen-bond donors (Lipinski definition) is 9. The highest BCUT2D eigenvalue weighted by Gasteiger charge is 2.59. The molecular formula is C12H22O11. The van der Waals surface area contributed by atoms with Gasteiger partial charge in [-0.3, -0.25) is 4.79 Å². The van der Waals surface area contributed by atoms with Crippen molar-refractivity contribution in [1.82, 2.24) is 0 Å². The third-order valence-corrected chi connectivity index (χ3v) is 3.92. The highest BCUT2D eigenvalue weighted by atomic mass is 16.6. The molecule has 1 heterocycles. The molecule has 136 valence electrons. The Hall–Kier alpha value is -0.730. The van der Waals surface area contributed by atoms with E-state index in [9.17, 15) is 35.4 Å². The van der Waals surface area contributed by atoms with Crippen LogP contribution in [0.25, 0.3) is 0 Å². The molecular weight excluding hydrogens is 320 g/mol. The Balaban J connectivity index is 3.27. The molecule has 0 aliphatic carbocycles. The van der Waals surface area contributed by atoms with Gasteiger partial charge in [-0.1, -0.05) is 0 Å². The summed E-state index contributed by atoms with van der Waals surface area (Å²) in [6.45, 7) is -3.25. The van der Waals surface area contributed by atoms with Crippen molar-refractivity contribution in [3.05, 3.63) is 0 Å². The average Bonchev–Trinajstić information content (AvgIpc) is 2.56. The van der Waals surface area contributed by atoms with Crippen LogP contribution in [0.1, 0.15) is 0 Å². The lowest BCUT2D eigenvalue weighted by Gasteiger charge is -2.47. The molecule has 1 aliphatic heterocycles. The summed E-state index contributed by atoms with van der Waals surface area (Å²) in [6.07, 6.45) is -13.9. The second-order valence-corrected chi connectivity index (χ2v) is 5.35. The van der Waals surface area contributed by atoms with Gasteiger partial charge in [-0.2, -0.15) is 0 Å². The maximum absolute atomic E-state index is 11.9. The molecule has 1 saturated heterocycles. The highest BCUT2D eigenvalue weighted by molar-refractivity contribution is 5.89. The standard InChI is InChI=1S/C12H22O11/c13-1-4(16)10(21)12(22,6(17)3-15)11-9(20)8(19)7(18)5(2-14)23-11/h4-5,7-11,13-16,18-22H,1-3H2/t4-,5-,7-,8+,9-,10-,11?,12-/m1/s1. The molecule has 1 unspecified atom stereocenters. The van der Waals surface area contributed by atoms with Gasteiger partial charge in [0.2, 0.25) is 0 Å². The van der Waals surface area contributed by atoms with Crippen molar-refractivity contribution in [2.45, 2.75) is 48.3 Å². The summed E-state index contributed by atoms with van der Waals surface area (Å²) in [5.41, 5.74) is -3.12. The van der Waals surface area contributed by atoms with E-state index >= 15 is 0 Å². The van der Waals surface area contributed by atoms with Gasteiger partial charge in [-0.15, -0.1) is 0 Å². The summed E-state index contributed by atoms with van der Waals surface area (Å²) < 4.78 is 4.99. The minimum atomic E-state index is -3.12. The Morgan fingerprint density at radius 1 is 1.04 bits per heavy atom. The number of aliphatic hydroxyl groups excluding tert-OH is 8. The van der Waals surface area contributed by atoms with E-state index in [0.29, 0.717) is 0 Å². The molecule has 9 N–H and O–H groups in total. The number of rotatable bonds is 7. The van der Waals surface area contributed by atoms with Gasteiger partial charge in [0, 0.05) is 0 Å².